The summed E-state index contributed by atoms with van der Waals surface area (Å²) in [5, 5.41) is 0. The van der Waals surface area contributed by atoms with Crippen molar-refractivity contribution in [3.8, 4) is 0 Å². The maximum absolute atomic E-state index is 7.26. The third kappa shape index (κ3) is 4.60. The molecule has 0 spiro atoms. The molecule has 0 aromatic rings. The topological polar surface area (TPSA) is 18.5 Å². The van der Waals surface area contributed by atoms with E-state index in [1.54, 1.807) is 11.1 Å². The molecule has 0 heterocycles. The molecule has 2 bridgehead atoms. The molecule has 0 radical (unpaired) electrons. The van der Waals surface area contributed by atoms with Gasteiger partial charge in [-0.25, -0.2) is 0 Å². The Morgan fingerprint density at radius 1 is 0.500 bits per heavy atom. The molecule has 0 unspecified atom stereocenters. The molecule has 2 saturated carbocycles. The molecule has 198 valence electrons. The van der Waals surface area contributed by atoms with E-state index < -0.39 is 16.6 Å². The molecule has 34 heavy (non-hydrogen) atoms. The van der Waals surface area contributed by atoms with E-state index in [9.17, 15) is 0 Å². The first-order chi connectivity index (χ1) is 15.8. The van der Waals surface area contributed by atoms with Crippen molar-refractivity contribution in [1.29, 1.82) is 0 Å². The van der Waals surface area contributed by atoms with E-state index >= 15 is 0 Å². The zero-order chi connectivity index (χ0) is 25.6. The molecule has 2 fully saturated rings. The van der Waals surface area contributed by atoms with Gasteiger partial charge >= 0.3 is 0 Å². The van der Waals surface area contributed by atoms with Crippen LogP contribution in [0, 0.1) is 23.7 Å². The zero-order valence-electron chi connectivity index (χ0n) is 24.8. The fourth-order valence-electron chi connectivity index (χ4n) is 9.48. The monoisotopic (exact) mass is 506 g/mol. The van der Waals surface area contributed by atoms with E-state index in [4.69, 9.17) is 8.85 Å². The van der Waals surface area contributed by atoms with E-state index in [1.165, 1.54) is 25.7 Å². The van der Waals surface area contributed by atoms with Crippen LogP contribution in [-0.2, 0) is 8.85 Å². The van der Waals surface area contributed by atoms with Crippen LogP contribution in [0.1, 0.15) is 109 Å². The third-order valence-corrected chi connectivity index (χ3v) is 23.0. The molecule has 0 aromatic heterocycles. The minimum Gasteiger partial charge on any atom is -0.412 e. The van der Waals surface area contributed by atoms with Crippen molar-refractivity contribution in [3.63, 3.8) is 0 Å². The summed E-state index contributed by atoms with van der Waals surface area (Å²) in [5.74, 6) is 3.43. The van der Waals surface area contributed by atoms with Gasteiger partial charge in [-0.2, -0.15) is 0 Å². The highest BCUT2D eigenvalue weighted by Crippen LogP contribution is 2.60. The van der Waals surface area contributed by atoms with E-state index in [0.717, 1.165) is 36.9 Å². The summed E-state index contributed by atoms with van der Waals surface area (Å²) in [7, 11) is -3.74. The summed E-state index contributed by atoms with van der Waals surface area (Å²) >= 11 is 0. The van der Waals surface area contributed by atoms with Crippen molar-refractivity contribution in [2.45, 2.75) is 142 Å². The van der Waals surface area contributed by atoms with Gasteiger partial charge in [0.1, 0.15) is 0 Å². The van der Waals surface area contributed by atoms with Crippen molar-refractivity contribution in [2.24, 2.45) is 23.7 Å². The summed E-state index contributed by atoms with van der Waals surface area (Å²) < 4.78 is 14.5. The van der Waals surface area contributed by atoms with Gasteiger partial charge in [0, 0.05) is 0 Å². The van der Waals surface area contributed by atoms with Crippen LogP contribution in [0.3, 0.4) is 0 Å². The Morgan fingerprint density at radius 2 is 0.765 bits per heavy atom. The van der Waals surface area contributed by atoms with Crippen LogP contribution in [0.5, 0.6) is 0 Å². The van der Waals surface area contributed by atoms with Crippen LogP contribution >= 0.6 is 0 Å². The Balaban J connectivity index is 1.95. The Kier molecular flexibility index (Phi) is 9.13. The number of hydrogen-bond acceptors (Lipinski definition) is 2. The lowest BCUT2D eigenvalue weighted by molar-refractivity contribution is 0.00240. The van der Waals surface area contributed by atoms with Gasteiger partial charge < -0.3 is 8.85 Å². The number of hydrogen-bond donors (Lipinski definition) is 0. The quantitative estimate of drug-likeness (QED) is 0.194. The number of fused-ring (bicyclic) bond motifs is 1. The summed E-state index contributed by atoms with van der Waals surface area (Å²) in [6.07, 6.45) is 5.70. The predicted molar refractivity (Wildman–Crippen MR) is 153 cm³/mol. The maximum atomic E-state index is 7.26. The molecule has 0 aliphatic heterocycles. The average Bonchev–Trinajstić information content (AvgIpc) is 2.68. The molecule has 4 aliphatic rings. The highest BCUT2D eigenvalue weighted by molar-refractivity contribution is 6.78. The standard InChI is InChI=1S/C30H58O2Si2/c1-19(2)33(20(3)4,21(5)6)31-17-29-27-15-16-28(26-14-13-25(26)27)30(29)18-32-34(22(7)8,23(9)10)24(11)12/h19-28H,13-18H2,1-12H3/t25-,26+,27-,28+. The van der Waals surface area contributed by atoms with Gasteiger partial charge in [0.25, 0.3) is 0 Å². The lowest BCUT2D eigenvalue weighted by Gasteiger charge is -2.57. The van der Waals surface area contributed by atoms with Gasteiger partial charge in [-0.1, -0.05) is 83.1 Å². The SMILES string of the molecule is CC(C)[Si](OCC1=C(CO[Si](C(C)C)(C(C)C)C(C)C)[C@@H]2CC[C@H]1[C@H]1CC[C@H]12)(C(C)C)C(C)C. The Hall–Kier alpha value is 0.0938. The van der Waals surface area contributed by atoms with Gasteiger partial charge in [0.05, 0.1) is 13.2 Å². The van der Waals surface area contributed by atoms with Gasteiger partial charge in [-0.05, 0) is 93.7 Å². The average molecular weight is 507 g/mol. The van der Waals surface area contributed by atoms with Gasteiger partial charge in [0.2, 0.25) is 16.6 Å². The first-order valence-corrected chi connectivity index (χ1v) is 19.1. The van der Waals surface area contributed by atoms with Crippen LogP contribution in [-0.4, -0.2) is 29.8 Å². The molecule has 0 amide bonds. The van der Waals surface area contributed by atoms with Crippen LogP contribution in [0.2, 0.25) is 33.2 Å². The second-order valence-corrected chi connectivity index (χ2v) is 24.9. The highest BCUT2D eigenvalue weighted by Gasteiger charge is 2.54. The van der Waals surface area contributed by atoms with E-state index in [0.29, 0.717) is 33.2 Å². The summed E-state index contributed by atoms with van der Waals surface area (Å²) in [4.78, 5) is 0. The molecular weight excluding hydrogens is 449 g/mol. The lowest BCUT2D eigenvalue weighted by atomic mass is 9.49. The summed E-state index contributed by atoms with van der Waals surface area (Å²) in [5.41, 5.74) is 7.29. The molecule has 4 rings (SSSR count). The molecule has 4 aliphatic carbocycles. The molecular formula is C30H58O2Si2. The first-order valence-electron chi connectivity index (χ1n) is 14.8. The molecule has 0 saturated heterocycles. The third-order valence-electron chi connectivity index (χ3n) is 10.9. The number of rotatable bonds is 12. The van der Waals surface area contributed by atoms with Gasteiger partial charge in [0.15, 0.2) is 0 Å². The minimum atomic E-state index is -1.87. The van der Waals surface area contributed by atoms with Crippen molar-refractivity contribution < 1.29 is 8.85 Å². The van der Waals surface area contributed by atoms with E-state index in [-0.39, 0.29) is 0 Å². The maximum Gasteiger partial charge on any atom is 0.200 e. The van der Waals surface area contributed by atoms with Gasteiger partial charge in [-0.3, -0.25) is 0 Å². The molecule has 2 nitrogen and oxygen atoms in total. The Labute approximate surface area is 215 Å². The summed E-state index contributed by atoms with van der Waals surface area (Å²) in [6.45, 7) is 30.9. The second kappa shape index (κ2) is 10.8. The lowest BCUT2D eigenvalue weighted by Crippen LogP contribution is -2.53. The van der Waals surface area contributed by atoms with Crippen molar-refractivity contribution in [3.05, 3.63) is 11.1 Å². The largest absolute Gasteiger partial charge is 0.412 e. The molecule has 0 aromatic carbocycles. The van der Waals surface area contributed by atoms with E-state index in [2.05, 4.69) is 83.1 Å². The zero-order valence-corrected chi connectivity index (χ0v) is 26.8. The van der Waals surface area contributed by atoms with Crippen LogP contribution < -0.4 is 0 Å². The molecule has 4 heteroatoms. The minimum absolute atomic E-state index is 0.646. The van der Waals surface area contributed by atoms with Crippen molar-refractivity contribution in [2.75, 3.05) is 13.2 Å². The van der Waals surface area contributed by atoms with Crippen LogP contribution in [0.15, 0.2) is 11.1 Å². The normalized spacial score (nSPS) is 27.7. The molecule has 4 atom stereocenters. The van der Waals surface area contributed by atoms with Gasteiger partial charge in [-0.15, -0.1) is 0 Å². The van der Waals surface area contributed by atoms with Crippen molar-refractivity contribution >= 4 is 16.6 Å². The molecule has 0 N–H and O–H groups in total. The Morgan fingerprint density at radius 3 is 0.971 bits per heavy atom. The smallest absolute Gasteiger partial charge is 0.200 e. The van der Waals surface area contributed by atoms with Crippen LogP contribution in [0.25, 0.3) is 0 Å². The Bertz CT molecular complexity index is 618. The van der Waals surface area contributed by atoms with Crippen LogP contribution in [0.4, 0.5) is 0 Å². The summed E-state index contributed by atoms with van der Waals surface area (Å²) in [6, 6.07) is 0. The predicted octanol–water partition coefficient (Wildman–Crippen LogP) is 9.73. The first kappa shape index (κ1) is 28.7. The fraction of sp³-hybridized carbons (Fsp3) is 0.933. The fourth-order valence-corrected chi connectivity index (χ4v) is 20.3. The van der Waals surface area contributed by atoms with E-state index in [1.807, 2.05) is 0 Å². The second-order valence-electron chi connectivity index (χ2n) is 14.0. The highest BCUT2D eigenvalue weighted by atomic mass is 28.4. The van der Waals surface area contributed by atoms with Crippen molar-refractivity contribution in [1.82, 2.24) is 0 Å².